The maximum absolute atomic E-state index is 13.4. The third-order valence-corrected chi connectivity index (χ3v) is 5.28. The highest BCUT2D eigenvalue weighted by atomic mass is 35.5. The van der Waals surface area contributed by atoms with E-state index in [9.17, 15) is 4.79 Å². The third kappa shape index (κ3) is 4.09. The first-order valence-corrected chi connectivity index (χ1v) is 9.98. The summed E-state index contributed by atoms with van der Waals surface area (Å²) in [6.07, 6.45) is 3.01. The van der Waals surface area contributed by atoms with Gasteiger partial charge in [-0.3, -0.25) is 4.79 Å². The van der Waals surface area contributed by atoms with E-state index in [0.29, 0.717) is 46.6 Å². The van der Waals surface area contributed by atoms with Gasteiger partial charge < -0.3 is 18.9 Å². The van der Waals surface area contributed by atoms with E-state index < -0.39 is 0 Å². The third-order valence-electron chi connectivity index (χ3n) is 4.95. The summed E-state index contributed by atoms with van der Waals surface area (Å²) in [6, 6.07) is 9.16. The van der Waals surface area contributed by atoms with Crippen molar-refractivity contribution in [3.63, 3.8) is 0 Å². The molecule has 0 radical (unpaired) electrons. The summed E-state index contributed by atoms with van der Waals surface area (Å²) in [4.78, 5) is 23.3. The molecule has 2 aromatic heterocycles. The molecular formula is C21H21ClN4O4. The van der Waals surface area contributed by atoms with E-state index in [1.807, 2.05) is 18.2 Å². The minimum absolute atomic E-state index is 0.155. The van der Waals surface area contributed by atoms with Gasteiger partial charge in [0.25, 0.3) is 5.91 Å². The van der Waals surface area contributed by atoms with E-state index >= 15 is 0 Å². The van der Waals surface area contributed by atoms with Crippen molar-refractivity contribution >= 4 is 17.5 Å². The van der Waals surface area contributed by atoms with Crippen LogP contribution in [0.25, 0.3) is 11.3 Å². The number of likely N-dealkylation sites (tertiary alicyclic amines) is 1. The molecule has 1 fully saturated rings. The lowest BCUT2D eigenvalue weighted by atomic mass is 10.0. The van der Waals surface area contributed by atoms with Crippen molar-refractivity contribution in [1.29, 1.82) is 0 Å². The standard InChI is InChI=1S/C21H21ClN4O4/c1-13-18(19(25-30-13)15-7-3-4-8-16(15)22)20(27)26-11-5-6-14(12-26)29-17-9-10-23-21(24-17)28-2/h3-4,7-10,14H,5-6,11-12H2,1-2H3. The summed E-state index contributed by atoms with van der Waals surface area (Å²) in [5, 5.41) is 4.61. The van der Waals surface area contributed by atoms with Gasteiger partial charge in [-0.2, -0.15) is 4.98 Å². The number of carbonyl (C=O) groups excluding carboxylic acids is 1. The number of benzene rings is 1. The number of hydrogen-bond acceptors (Lipinski definition) is 7. The smallest absolute Gasteiger partial charge is 0.319 e. The van der Waals surface area contributed by atoms with Crippen molar-refractivity contribution in [3.8, 4) is 23.1 Å². The van der Waals surface area contributed by atoms with Crippen LogP contribution in [-0.4, -0.2) is 52.2 Å². The van der Waals surface area contributed by atoms with Gasteiger partial charge in [0.15, 0.2) is 0 Å². The quantitative estimate of drug-likeness (QED) is 0.610. The summed E-state index contributed by atoms with van der Waals surface area (Å²) < 4.78 is 16.4. The van der Waals surface area contributed by atoms with Crippen molar-refractivity contribution in [2.75, 3.05) is 20.2 Å². The Morgan fingerprint density at radius 1 is 1.30 bits per heavy atom. The summed E-state index contributed by atoms with van der Waals surface area (Å²) in [6.45, 7) is 2.78. The van der Waals surface area contributed by atoms with Gasteiger partial charge in [-0.1, -0.05) is 35.0 Å². The Bertz CT molecular complexity index is 1050. The van der Waals surface area contributed by atoms with E-state index in [0.717, 1.165) is 12.8 Å². The van der Waals surface area contributed by atoms with Gasteiger partial charge in [-0.05, 0) is 25.8 Å². The molecule has 0 bridgehead atoms. The van der Waals surface area contributed by atoms with Gasteiger partial charge in [0.05, 0.1) is 18.7 Å². The molecule has 0 N–H and O–H groups in total. The van der Waals surface area contributed by atoms with Gasteiger partial charge >= 0.3 is 6.01 Å². The van der Waals surface area contributed by atoms with Crippen LogP contribution in [0.1, 0.15) is 29.0 Å². The second-order valence-corrected chi connectivity index (χ2v) is 7.36. The molecule has 0 spiro atoms. The average molecular weight is 429 g/mol. The van der Waals surface area contributed by atoms with Gasteiger partial charge in [-0.15, -0.1) is 0 Å². The molecule has 4 rings (SSSR count). The monoisotopic (exact) mass is 428 g/mol. The van der Waals surface area contributed by atoms with Crippen molar-refractivity contribution in [3.05, 3.63) is 52.9 Å². The number of aryl methyl sites for hydroxylation is 1. The molecule has 1 aliphatic heterocycles. The fraction of sp³-hybridized carbons (Fsp3) is 0.333. The summed E-state index contributed by atoms with van der Waals surface area (Å²) in [5.41, 5.74) is 1.54. The van der Waals surface area contributed by atoms with Crippen LogP contribution in [0, 0.1) is 6.92 Å². The lowest BCUT2D eigenvalue weighted by Crippen LogP contribution is -2.44. The first-order chi connectivity index (χ1) is 14.6. The highest BCUT2D eigenvalue weighted by Gasteiger charge is 2.31. The Hall–Kier alpha value is -3.13. The number of piperidine rings is 1. The van der Waals surface area contributed by atoms with Crippen LogP contribution < -0.4 is 9.47 Å². The normalized spacial score (nSPS) is 16.4. The molecule has 9 heteroatoms. The molecule has 0 aliphatic carbocycles. The fourth-order valence-corrected chi connectivity index (χ4v) is 3.72. The maximum Gasteiger partial charge on any atom is 0.319 e. The molecule has 156 valence electrons. The van der Waals surface area contributed by atoms with E-state index in [1.54, 1.807) is 30.2 Å². The molecule has 1 aliphatic rings. The minimum atomic E-state index is -0.189. The van der Waals surface area contributed by atoms with Gasteiger partial charge in [0, 0.05) is 24.4 Å². The fourth-order valence-electron chi connectivity index (χ4n) is 3.50. The second-order valence-electron chi connectivity index (χ2n) is 6.96. The first kappa shape index (κ1) is 20.2. The number of rotatable bonds is 5. The van der Waals surface area contributed by atoms with Crippen LogP contribution in [0.2, 0.25) is 5.02 Å². The first-order valence-electron chi connectivity index (χ1n) is 9.61. The molecule has 8 nitrogen and oxygen atoms in total. The van der Waals surface area contributed by atoms with Gasteiger partial charge in [0.1, 0.15) is 23.1 Å². The van der Waals surface area contributed by atoms with Crippen LogP contribution in [0.4, 0.5) is 0 Å². The van der Waals surface area contributed by atoms with E-state index in [1.165, 1.54) is 7.11 Å². The summed E-state index contributed by atoms with van der Waals surface area (Å²) in [7, 11) is 1.50. The molecule has 0 saturated carbocycles. The van der Waals surface area contributed by atoms with Crippen molar-refractivity contribution in [2.24, 2.45) is 0 Å². The van der Waals surface area contributed by atoms with Crippen LogP contribution in [0.3, 0.4) is 0 Å². The maximum atomic E-state index is 13.4. The number of aromatic nitrogens is 3. The second kappa shape index (κ2) is 8.71. The topological polar surface area (TPSA) is 90.6 Å². The Labute approximate surface area is 178 Å². The number of carbonyl (C=O) groups is 1. The molecule has 1 saturated heterocycles. The summed E-state index contributed by atoms with van der Waals surface area (Å²) in [5.74, 6) is 0.717. The minimum Gasteiger partial charge on any atom is -0.472 e. The molecule has 3 aromatic rings. The largest absolute Gasteiger partial charge is 0.472 e. The Balaban J connectivity index is 1.54. The SMILES string of the molecule is COc1nccc(OC2CCCN(C(=O)c3c(-c4ccccc4Cl)noc3C)C2)n1. The Morgan fingerprint density at radius 2 is 2.13 bits per heavy atom. The zero-order valence-corrected chi connectivity index (χ0v) is 17.4. The number of methoxy groups -OCH3 is 1. The molecular weight excluding hydrogens is 408 g/mol. The van der Waals surface area contributed by atoms with Gasteiger partial charge in [-0.25, -0.2) is 4.98 Å². The number of ether oxygens (including phenoxy) is 2. The number of nitrogens with zero attached hydrogens (tertiary/aromatic N) is 4. The number of amides is 1. The molecule has 1 aromatic carbocycles. The highest BCUT2D eigenvalue weighted by Crippen LogP contribution is 2.32. The van der Waals surface area contributed by atoms with Crippen molar-refractivity contribution in [2.45, 2.75) is 25.9 Å². The van der Waals surface area contributed by atoms with Crippen LogP contribution in [0.15, 0.2) is 41.1 Å². The molecule has 1 unspecified atom stereocenters. The van der Waals surface area contributed by atoms with Crippen LogP contribution in [0.5, 0.6) is 11.9 Å². The molecule has 1 amide bonds. The number of hydrogen-bond donors (Lipinski definition) is 0. The van der Waals surface area contributed by atoms with Crippen molar-refractivity contribution in [1.82, 2.24) is 20.0 Å². The zero-order valence-electron chi connectivity index (χ0n) is 16.7. The average Bonchev–Trinajstić information content (AvgIpc) is 3.15. The molecule has 3 heterocycles. The van der Waals surface area contributed by atoms with Crippen molar-refractivity contribution < 1.29 is 18.8 Å². The highest BCUT2D eigenvalue weighted by molar-refractivity contribution is 6.33. The zero-order chi connectivity index (χ0) is 21.1. The van der Waals surface area contributed by atoms with E-state index in [-0.39, 0.29) is 18.0 Å². The lowest BCUT2D eigenvalue weighted by Gasteiger charge is -2.32. The van der Waals surface area contributed by atoms with Crippen LogP contribution >= 0.6 is 11.6 Å². The Kier molecular flexibility index (Phi) is 5.85. The molecule has 30 heavy (non-hydrogen) atoms. The molecule has 1 atom stereocenters. The Morgan fingerprint density at radius 3 is 2.93 bits per heavy atom. The predicted octanol–water partition coefficient (Wildman–Crippen LogP) is 3.79. The van der Waals surface area contributed by atoms with E-state index in [4.69, 9.17) is 25.6 Å². The van der Waals surface area contributed by atoms with E-state index in [2.05, 4.69) is 15.1 Å². The predicted molar refractivity (Wildman–Crippen MR) is 110 cm³/mol. The number of halogens is 1. The van der Waals surface area contributed by atoms with Crippen LogP contribution in [-0.2, 0) is 0 Å². The lowest BCUT2D eigenvalue weighted by molar-refractivity contribution is 0.0524. The van der Waals surface area contributed by atoms with Gasteiger partial charge in [0.2, 0.25) is 5.88 Å². The summed E-state index contributed by atoms with van der Waals surface area (Å²) >= 11 is 6.32.